The van der Waals surface area contributed by atoms with E-state index in [1.807, 2.05) is 0 Å². The molecule has 0 saturated carbocycles. The maximum atomic E-state index is 8.12. The molecule has 0 fully saturated rings. The monoisotopic (exact) mass is 230 g/mol. The third kappa shape index (κ3) is 661. The Bertz CT molecular complexity index is 71.3. The molecule has 11 N–H and O–H groups in total. The first-order valence-electron chi connectivity index (χ1n) is 4.33. The average molecular weight is 230 g/mol. The first-order chi connectivity index (χ1) is 6.83. The normalized spacial score (nSPS) is 11.6. The van der Waals surface area contributed by atoms with Crippen LogP contribution >= 0.6 is 0 Å². The highest BCUT2D eigenvalue weighted by Crippen LogP contribution is 1.57. The van der Waals surface area contributed by atoms with Crippen molar-refractivity contribution in [1.82, 2.24) is 5.43 Å². The fourth-order valence-electron chi connectivity index (χ4n) is 0. The van der Waals surface area contributed by atoms with Crippen LogP contribution in [0.15, 0.2) is 0 Å². The zero-order valence-corrected chi connectivity index (χ0v) is 9.59. The molecule has 0 aliphatic heterocycles. The zero-order valence-electron chi connectivity index (χ0n) is 9.59. The molecule has 2 unspecified atom stereocenters. The van der Waals surface area contributed by atoms with Crippen LogP contribution in [0, 0.1) is 0 Å². The smallest absolute Gasteiger partial charge is 0.114 e. The molecule has 0 aliphatic rings. The van der Waals surface area contributed by atoms with Gasteiger partial charge in [-0.1, -0.05) is 0 Å². The minimum atomic E-state index is -0.667. The summed E-state index contributed by atoms with van der Waals surface area (Å²) in [6.45, 7) is 4.72. The van der Waals surface area contributed by atoms with Crippen molar-refractivity contribution < 1.29 is 20.4 Å². The lowest BCUT2D eigenvalue weighted by Crippen LogP contribution is -2.31. The van der Waals surface area contributed by atoms with Crippen molar-refractivity contribution >= 4 is 0 Å². The summed E-state index contributed by atoms with van der Waals surface area (Å²) < 4.78 is 0. The van der Waals surface area contributed by atoms with Gasteiger partial charge in [0.2, 0.25) is 0 Å². The molecule has 0 amide bonds. The Morgan fingerprint density at radius 1 is 1.20 bits per heavy atom. The summed E-state index contributed by atoms with van der Waals surface area (Å²) in [5, 5.41) is 30.9. The number of hydrogen-bond donors (Lipinski definition) is 8. The Balaban J connectivity index is -0.0000000553. The van der Waals surface area contributed by atoms with E-state index < -0.39 is 12.5 Å². The molecule has 0 rings (SSSR count). The molecule has 0 aromatic heterocycles. The van der Waals surface area contributed by atoms with Gasteiger partial charge in [-0.25, -0.2) is 5.43 Å². The number of hydrazine groups is 1. The third-order valence-electron chi connectivity index (χ3n) is 0.241. The predicted molar refractivity (Wildman–Crippen MR) is 58.9 cm³/mol. The molecule has 15 heavy (non-hydrogen) atoms. The van der Waals surface area contributed by atoms with Crippen LogP contribution < -0.4 is 22.7 Å². The van der Waals surface area contributed by atoms with Crippen molar-refractivity contribution in [1.29, 1.82) is 0 Å². The van der Waals surface area contributed by atoms with Crippen molar-refractivity contribution in [3.05, 3.63) is 0 Å². The third-order valence-corrected chi connectivity index (χ3v) is 0.241. The molecule has 2 atom stereocenters. The van der Waals surface area contributed by atoms with Crippen molar-refractivity contribution in [3.8, 4) is 0 Å². The Morgan fingerprint density at radius 2 is 1.27 bits per heavy atom. The minimum Gasteiger partial charge on any atom is -0.397 e. The number of rotatable bonds is 1. The van der Waals surface area contributed by atoms with Crippen molar-refractivity contribution in [3.63, 3.8) is 0 Å². The molecule has 0 aliphatic carbocycles. The van der Waals surface area contributed by atoms with Crippen molar-refractivity contribution in [2.24, 2.45) is 17.3 Å². The Kier molecular flexibility index (Phi) is 46.9. The van der Waals surface area contributed by atoms with Gasteiger partial charge in [0.25, 0.3) is 0 Å². The van der Waals surface area contributed by atoms with E-state index in [-0.39, 0.29) is 13.3 Å². The second-order valence-corrected chi connectivity index (χ2v) is 2.08. The molecular formula is C7H26N4O4. The molecule has 0 spiro atoms. The largest absolute Gasteiger partial charge is 0.397 e. The average Bonchev–Trinajstić information content (AvgIpc) is 2.06. The number of nitrogens with two attached hydrogens (primary N) is 3. The Morgan fingerprint density at radius 3 is 1.27 bits per heavy atom. The molecule has 98 valence electrons. The number of nitrogens with one attached hydrogen (secondary N) is 1. The van der Waals surface area contributed by atoms with E-state index in [1.54, 1.807) is 13.8 Å². The van der Waals surface area contributed by atoms with Crippen LogP contribution in [0.4, 0.5) is 0 Å². The summed E-state index contributed by atoms with van der Waals surface area (Å²) in [5.41, 5.74) is 11.2. The lowest BCUT2D eigenvalue weighted by molar-refractivity contribution is 0.158. The predicted octanol–water partition coefficient (Wildman–Crippen LogP) is -3.04. The van der Waals surface area contributed by atoms with E-state index in [4.69, 9.17) is 20.4 Å². The molecule has 0 aromatic carbocycles. The van der Waals surface area contributed by atoms with Gasteiger partial charge in [-0.3, -0.25) is 5.84 Å². The van der Waals surface area contributed by atoms with E-state index in [0.717, 1.165) is 0 Å². The zero-order chi connectivity index (χ0) is 13.3. The molecule has 0 saturated heterocycles. The highest BCUT2D eigenvalue weighted by molar-refractivity contribution is 4.24. The number of hydrogen-bond acceptors (Lipinski definition) is 8. The van der Waals surface area contributed by atoms with E-state index in [9.17, 15) is 0 Å². The van der Waals surface area contributed by atoms with Crippen LogP contribution in [0.1, 0.15) is 20.8 Å². The van der Waals surface area contributed by atoms with Gasteiger partial charge in [0.1, 0.15) is 6.23 Å². The van der Waals surface area contributed by atoms with Crippen LogP contribution in [0.5, 0.6) is 0 Å². The van der Waals surface area contributed by atoms with Crippen LogP contribution in [0.2, 0.25) is 0 Å². The van der Waals surface area contributed by atoms with Crippen LogP contribution in [0.25, 0.3) is 0 Å². The van der Waals surface area contributed by atoms with Gasteiger partial charge in [0.15, 0.2) is 0 Å². The Labute approximate surface area is 90.7 Å². The Hall–Kier alpha value is -0.320. The molecule has 0 bridgehead atoms. The van der Waals surface area contributed by atoms with Crippen LogP contribution in [0.3, 0.4) is 0 Å². The van der Waals surface area contributed by atoms with Crippen LogP contribution in [-0.4, -0.2) is 46.2 Å². The SMILES string of the molecule is CC(N)O.CC(O)NN.CCO.NCO. The molecule has 0 heterocycles. The van der Waals surface area contributed by atoms with Crippen molar-refractivity contribution in [2.45, 2.75) is 33.2 Å². The highest BCUT2D eigenvalue weighted by atomic mass is 16.3. The van der Waals surface area contributed by atoms with E-state index in [1.165, 1.54) is 6.92 Å². The molecule has 8 nitrogen and oxygen atoms in total. The lowest BCUT2D eigenvalue weighted by Gasteiger charge is -1.94. The molecule has 8 heteroatoms. The summed E-state index contributed by atoms with van der Waals surface area (Å²) in [6.07, 6.45) is -1.25. The maximum absolute atomic E-state index is 8.12. The van der Waals surface area contributed by atoms with E-state index in [2.05, 4.69) is 22.7 Å². The topological polar surface area (TPSA) is 171 Å². The molecule has 0 radical (unpaired) electrons. The number of aliphatic hydroxyl groups excluding tert-OH is 4. The summed E-state index contributed by atoms with van der Waals surface area (Å²) in [6, 6.07) is 0. The van der Waals surface area contributed by atoms with E-state index in [0.29, 0.717) is 0 Å². The van der Waals surface area contributed by atoms with Crippen molar-refractivity contribution in [2.75, 3.05) is 13.3 Å². The first-order valence-corrected chi connectivity index (χ1v) is 4.33. The van der Waals surface area contributed by atoms with Gasteiger partial charge >= 0.3 is 0 Å². The van der Waals surface area contributed by atoms with Crippen LogP contribution in [-0.2, 0) is 0 Å². The lowest BCUT2D eigenvalue weighted by atomic mass is 10.7. The van der Waals surface area contributed by atoms with Gasteiger partial charge in [-0.15, -0.1) is 0 Å². The fraction of sp³-hybridized carbons (Fsp3) is 1.00. The second-order valence-electron chi connectivity index (χ2n) is 2.08. The fourth-order valence-corrected chi connectivity index (χ4v) is 0. The molecule has 0 aromatic rings. The van der Waals surface area contributed by atoms with Gasteiger partial charge in [-0.05, 0) is 20.8 Å². The van der Waals surface area contributed by atoms with Gasteiger partial charge in [0, 0.05) is 6.61 Å². The second kappa shape index (κ2) is 29.2. The summed E-state index contributed by atoms with van der Waals surface area (Å²) in [5.74, 6) is 4.67. The number of aliphatic hydroxyl groups is 4. The summed E-state index contributed by atoms with van der Waals surface area (Å²) in [4.78, 5) is 0. The standard InChI is InChI=1S/C2H8N2O.C2H7NO.C2H6O.CH5NO/c1-2(5)4-3;1-2(3)4;1-2-3;2-1-3/h2,4-5H,3H2,1H3;2,4H,3H2,1H3;3H,2H2,1H3;3H,1-2H2. The van der Waals surface area contributed by atoms with Gasteiger partial charge < -0.3 is 31.9 Å². The van der Waals surface area contributed by atoms with Gasteiger partial charge in [-0.2, -0.15) is 0 Å². The quantitative estimate of drug-likeness (QED) is 0.133. The highest BCUT2D eigenvalue weighted by Gasteiger charge is 1.79. The summed E-state index contributed by atoms with van der Waals surface area (Å²) >= 11 is 0. The summed E-state index contributed by atoms with van der Waals surface area (Å²) in [7, 11) is 0. The van der Waals surface area contributed by atoms with E-state index >= 15 is 0 Å². The minimum absolute atomic E-state index is 0.250. The van der Waals surface area contributed by atoms with Gasteiger partial charge in [0.05, 0.1) is 13.0 Å². The maximum Gasteiger partial charge on any atom is 0.114 e. The first kappa shape index (κ1) is 24.1. The molecular weight excluding hydrogens is 204 g/mol.